The molecule has 270 valence electrons. The SMILES string of the molecule is COCCOCCOCC(COC(=O)NCC(=O)N[C@@H]1[C@H](O)C[C@@](OC(C)C)(C(=O)O)O[C@]1(O)[C@H](O)CO)OCCOCCOC. The molecule has 0 aromatic heterocycles. The quantitative estimate of drug-likeness (QED) is 0.0475. The van der Waals surface area contributed by atoms with Crippen LogP contribution in [0.3, 0.4) is 0 Å². The summed E-state index contributed by atoms with van der Waals surface area (Å²) in [5, 5.41) is 55.7. The van der Waals surface area contributed by atoms with Crippen LogP contribution in [0.2, 0.25) is 0 Å². The minimum atomic E-state index is -3.01. The number of carbonyl (C=O) groups is 3. The van der Waals surface area contributed by atoms with Gasteiger partial charge in [-0.3, -0.25) is 4.79 Å². The van der Waals surface area contributed by atoms with Crippen molar-refractivity contribution in [3.63, 3.8) is 0 Å². The lowest BCUT2D eigenvalue weighted by Crippen LogP contribution is -2.74. The topological polar surface area (TPSA) is 259 Å². The molecular weight excluding hydrogens is 624 g/mol. The highest BCUT2D eigenvalue weighted by Gasteiger charge is 2.62. The van der Waals surface area contributed by atoms with Gasteiger partial charge in [0.05, 0.1) is 78.3 Å². The van der Waals surface area contributed by atoms with E-state index in [0.29, 0.717) is 33.0 Å². The third-order valence-corrected chi connectivity index (χ3v) is 6.27. The maximum atomic E-state index is 12.7. The Kier molecular flexibility index (Phi) is 20.3. The fourth-order valence-corrected chi connectivity index (χ4v) is 4.11. The first-order valence-corrected chi connectivity index (χ1v) is 14.7. The summed E-state index contributed by atoms with van der Waals surface area (Å²) in [5.74, 6) is -8.34. The molecule has 1 heterocycles. The van der Waals surface area contributed by atoms with Crippen LogP contribution in [-0.4, -0.2) is 179 Å². The number of aliphatic hydroxyl groups excluding tert-OH is 3. The van der Waals surface area contributed by atoms with Crippen LogP contribution in [0.4, 0.5) is 4.79 Å². The van der Waals surface area contributed by atoms with E-state index in [1.165, 1.54) is 13.8 Å². The zero-order valence-electron chi connectivity index (χ0n) is 26.7. The summed E-state index contributed by atoms with van der Waals surface area (Å²) in [6.45, 7) is 3.45. The van der Waals surface area contributed by atoms with Crippen molar-refractivity contribution in [3.8, 4) is 0 Å². The number of carboxylic acid groups (broad SMARTS) is 1. The highest BCUT2D eigenvalue weighted by atomic mass is 16.8. The lowest BCUT2D eigenvalue weighted by Gasteiger charge is -2.50. The van der Waals surface area contributed by atoms with E-state index in [2.05, 4.69) is 10.6 Å². The van der Waals surface area contributed by atoms with Gasteiger partial charge < -0.3 is 78.8 Å². The van der Waals surface area contributed by atoms with Gasteiger partial charge in [0.2, 0.25) is 11.7 Å². The normalized spacial score (nSPS) is 24.4. The van der Waals surface area contributed by atoms with Gasteiger partial charge >= 0.3 is 12.1 Å². The van der Waals surface area contributed by atoms with E-state index in [9.17, 15) is 39.9 Å². The Bertz CT molecular complexity index is 883. The lowest BCUT2D eigenvalue weighted by atomic mass is 9.87. The highest BCUT2D eigenvalue weighted by molar-refractivity contribution is 5.82. The molecule has 0 aromatic carbocycles. The fraction of sp³-hybridized carbons (Fsp3) is 0.889. The molecule has 1 aliphatic rings. The van der Waals surface area contributed by atoms with Gasteiger partial charge in [0, 0.05) is 20.6 Å². The molecule has 19 heteroatoms. The van der Waals surface area contributed by atoms with Crippen molar-refractivity contribution < 1.29 is 82.5 Å². The van der Waals surface area contributed by atoms with Crippen LogP contribution in [0.1, 0.15) is 20.3 Å². The molecule has 0 saturated carbocycles. The Morgan fingerprint density at radius 3 is 2.09 bits per heavy atom. The van der Waals surface area contributed by atoms with Crippen molar-refractivity contribution in [2.24, 2.45) is 0 Å². The van der Waals surface area contributed by atoms with E-state index in [4.69, 9.17) is 42.6 Å². The third kappa shape index (κ3) is 14.7. The number of hydrogen-bond donors (Lipinski definition) is 7. The Labute approximate surface area is 267 Å². The first-order valence-electron chi connectivity index (χ1n) is 14.7. The number of rotatable bonds is 25. The standard InChI is InChI=1S/C27H50N2O17/c1-18(2)45-26(24(34)35)13-20(31)23(27(37,46-26)21(32)15-30)29-22(33)14-28-25(36)44-17-19(43-12-11-41-8-6-39-4)16-42-10-9-40-7-5-38-3/h18-21,23,30-32,37H,5-17H2,1-4H3,(H,28,36)(H,29,33)(H,34,35)/t19?,20-,21-,23-,26+,27-/m1/s1. The number of nitrogens with one attached hydrogen (secondary N) is 2. The molecule has 7 N–H and O–H groups in total. The van der Waals surface area contributed by atoms with Crippen molar-refractivity contribution in [3.05, 3.63) is 0 Å². The lowest BCUT2D eigenvalue weighted by molar-refractivity contribution is -0.406. The highest BCUT2D eigenvalue weighted by Crippen LogP contribution is 2.38. The number of carboxylic acids is 1. The monoisotopic (exact) mass is 674 g/mol. The number of carbonyl (C=O) groups excluding carboxylic acids is 2. The van der Waals surface area contributed by atoms with Crippen molar-refractivity contribution in [1.82, 2.24) is 10.6 Å². The summed E-state index contributed by atoms with van der Waals surface area (Å²) < 4.78 is 47.4. The Morgan fingerprint density at radius 1 is 0.935 bits per heavy atom. The number of alkyl carbamates (subject to hydrolysis) is 1. The predicted molar refractivity (Wildman–Crippen MR) is 154 cm³/mol. The average molecular weight is 675 g/mol. The number of methoxy groups -OCH3 is 2. The van der Waals surface area contributed by atoms with E-state index in [0.717, 1.165) is 0 Å². The molecule has 0 aliphatic carbocycles. The van der Waals surface area contributed by atoms with Crippen molar-refractivity contribution >= 4 is 18.0 Å². The van der Waals surface area contributed by atoms with E-state index >= 15 is 0 Å². The Morgan fingerprint density at radius 2 is 1.52 bits per heavy atom. The summed E-state index contributed by atoms with van der Waals surface area (Å²) in [5.41, 5.74) is 0. The first kappa shape index (κ1) is 41.8. The first-order chi connectivity index (χ1) is 21.8. The molecule has 1 rings (SSSR count). The molecule has 0 spiro atoms. The zero-order valence-corrected chi connectivity index (χ0v) is 26.7. The maximum absolute atomic E-state index is 12.7. The molecule has 1 unspecified atom stereocenters. The van der Waals surface area contributed by atoms with E-state index in [-0.39, 0.29) is 33.0 Å². The molecule has 19 nitrogen and oxygen atoms in total. The molecule has 1 aliphatic heterocycles. The average Bonchev–Trinajstić information content (AvgIpc) is 3.00. The van der Waals surface area contributed by atoms with Crippen molar-refractivity contribution in [2.45, 2.75) is 62.3 Å². The number of ether oxygens (including phenoxy) is 9. The molecule has 6 atom stereocenters. The molecule has 0 aromatic rings. The van der Waals surface area contributed by atoms with Crippen molar-refractivity contribution in [2.75, 3.05) is 93.4 Å². The summed E-state index contributed by atoms with van der Waals surface area (Å²) >= 11 is 0. The minimum absolute atomic E-state index is 0.0448. The number of aliphatic hydroxyl groups is 4. The van der Waals surface area contributed by atoms with E-state index in [1.807, 2.05) is 0 Å². The van der Waals surface area contributed by atoms with E-state index in [1.54, 1.807) is 14.2 Å². The molecule has 46 heavy (non-hydrogen) atoms. The van der Waals surface area contributed by atoms with E-state index < -0.39 is 79.6 Å². The summed E-state index contributed by atoms with van der Waals surface area (Å²) in [6, 6.07) is -1.84. The van der Waals surface area contributed by atoms with Gasteiger partial charge in [-0.2, -0.15) is 0 Å². The maximum Gasteiger partial charge on any atom is 0.407 e. The van der Waals surface area contributed by atoms with Gasteiger partial charge in [-0.05, 0) is 13.8 Å². The molecular formula is C27H50N2O17. The molecule has 1 saturated heterocycles. The van der Waals surface area contributed by atoms with Crippen molar-refractivity contribution in [1.29, 1.82) is 0 Å². The Balaban J connectivity index is 2.71. The van der Waals surface area contributed by atoms with Gasteiger partial charge in [0.1, 0.15) is 31.4 Å². The summed E-state index contributed by atoms with van der Waals surface area (Å²) in [7, 11) is 3.10. The second-order valence-corrected chi connectivity index (χ2v) is 10.3. The molecule has 0 radical (unpaired) electrons. The van der Waals surface area contributed by atoms with Gasteiger partial charge in [-0.15, -0.1) is 0 Å². The molecule has 1 fully saturated rings. The number of aliphatic carboxylic acids is 1. The van der Waals surface area contributed by atoms with Crippen LogP contribution < -0.4 is 10.6 Å². The second-order valence-electron chi connectivity index (χ2n) is 10.3. The van der Waals surface area contributed by atoms with Crippen LogP contribution in [0.25, 0.3) is 0 Å². The number of amides is 2. The number of hydrogen-bond acceptors (Lipinski definition) is 16. The fourth-order valence-electron chi connectivity index (χ4n) is 4.11. The smallest absolute Gasteiger partial charge is 0.407 e. The predicted octanol–water partition coefficient (Wildman–Crippen LogP) is -3.05. The molecule has 2 amide bonds. The van der Waals surface area contributed by atoms with Gasteiger partial charge in [0.15, 0.2) is 0 Å². The minimum Gasteiger partial charge on any atom is -0.477 e. The van der Waals surface area contributed by atoms with Crippen LogP contribution in [-0.2, 0) is 52.2 Å². The summed E-state index contributed by atoms with van der Waals surface area (Å²) in [6.07, 6.45) is -7.26. The summed E-state index contributed by atoms with van der Waals surface area (Å²) in [4.78, 5) is 37.0. The molecule has 0 bridgehead atoms. The van der Waals surface area contributed by atoms with Crippen LogP contribution in [0.15, 0.2) is 0 Å². The van der Waals surface area contributed by atoms with Crippen LogP contribution in [0, 0.1) is 0 Å². The Hall–Kier alpha value is -2.27. The van der Waals surface area contributed by atoms with Gasteiger partial charge in [-0.25, -0.2) is 9.59 Å². The second kappa shape index (κ2) is 22.3. The van der Waals surface area contributed by atoms with Crippen LogP contribution in [0.5, 0.6) is 0 Å². The van der Waals surface area contributed by atoms with Gasteiger partial charge in [0.25, 0.3) is 5.79 Å². The largest absolute Gasteiger partial charge is 0.477 e. The van der Waals surface area contributed by atoms with Gasteiger partial charge in [-0.1, -0.05) is 0 Å². The van der Waals surface area contributed by atoms with Crippen LogP contribution >= 0.6 is 0 Å². The third-order valence-electron chi connectivity index (χ3n) is 6.27. The zero-order chi connectivity index (χ0) is 34.6.